The SMILES string of the molecule is COc1cc2c(cc1S(=O)(=O)NCCc1ccc(F)cc1)CCCC2. The van der Waals surface area contributed by atoms with Crippen LogP contribution in [0.4, 0.5) is 4.39 Å². The van der Waals surface area contributed by atoms with Crippen molar-refractivity contribution in [3.05, 3.63) is 58.9 Å². The molecule has 0 radical (unpaired) electrons. The molecule has 0 saturated heterocycles. The highest BCUT2D eigenvalue weighted by molar-refractivity contribution is 7.89. The highest BCUT2D eigenvalue weighted by Gasteiger charge is 2.22. The van der Waals surface area contributed by atoms with Crippen LogP contribution in [0.3, 0.4) is 0 Å². The fourth-order valence-electron chi connectivity index (χ4n) is 3.17. The van der Waals surface area contributed by atoms with Gasteiger partial charge in [-0.1, -0.05) is 12.1 Å². The second kappa shape index (κ2) is 7.54. The average Bonchev–Trinajstić information content (AvgIpc) is 2.62. The van der Waals surface area contributed by atoms with E-state index in [1.165, 1.54) is 24.8 Å². The summed E-state index contributed by atoms with van der Waals surface area (Å²) in [6.45, 7) is 0.244. The van der Waals surface area contributed by atoms with Gasteiger partial charge in [-0.05, 0) is 73.1 Å². The van der Waals surface area contributed by atoms with E-state index in [1.54, 1.807) is 18.2 Å². The summed E-state index contributed by atoms with van der Waals surface area (Å²) >= 11 is 0. The van der Waals surface area contributed by atoms with E-state index in [2.05, 4.69) is 4.72 Å². The number of nitrogens with one attached hydrogen (secondary N) is 1. The Morgan fingerprint density at radius 1 is 1.08 bits per heavy atom. The van der Waals surface area contributed by atoms with Crippen molar-refractivity contribution in [1.82, 2.24) is 4.72 Å². The summed E-state index contributed by atoms with van der Waals surface area (Å²) in [6, 6.07) is 9.65. The van der Waals surface area contributed by atoms with E-state index in [4.69, 9.17) is 4.74 Å². The number of fused-ring (bicyclic) bond motifs is 1. The minimum atomic E-state index is -3.66. The molecule has 1 aliphatic carbocycles. The van der Waals surface area contributed by atoms with Gasteiger partial charge in [-0.25, -0.2) is 17.5 Å². The van der Waals surface area contributed by atoms with Crippen LogP contribution in [0.5, 0.6) is 5.75 Å². The lowest BCUT2D eigenvalue weighted by atomic mass is 9.92. The van der Waals surface area contributed by atoms with Gasteiger partial charge in [-0.3, -0.25) is 0 Å². The summed E-state index contributed by atoms with van der Waals surface area (Å²) in [5.74, 6) is 0.0815. The number of benzene rings is 2. The zero-order valence-corrected chi connectivity index (χ0v) is 15.0. The van der Waals surface area contributed by atoms with Crippen molar-refractivity contribution in [2.24, 2.45) is 0 Å². The van der Waals surface area contributed by atoms with Gasteiger partial charge in [0.1, 0.15) is 16.5 Å². The summed E-state index contributed by atoms with van der Waals surface area (Å²) in [5, 5.41) is 0. The summed E-state index contributed by atoms with van der Waals surface area (Å²) in [6.07, 6.45) is 4.56. The van der Waals surface area contributed by atoms with Gasteiger partial charge in [0.2, 0.25) is 10.0 Å². The summed E-state index contributed by atoms with van der Waals surface area (Å²) in [7, 11) is -2.18. The third-order valence-electron chi connectivity index (χ3n) is 4.54. The lowest BCUT2D eigenvalue weighted by molar-refractivity contribution is 0.401. The monoisotopic (exact) mass is 363 g/mol. The van der Waals surface area contributed by atoms with Gasteiger partial charge in [0.15, 0.2) is 0 Å². The molecule has 0 atom stereocenters. The Bertz CT molecular complexity index is 848. The fourth-order valence-corrected chi connectivity index (χ4v) is 4.40. The van der Waals surface area contributed by atoms with Crippen molar-refractivity contribution in [3.8, 4) is 5.75 Å². The van der Waals surface area contributed by atoms with E-state index in [0.717, 1.165) is 36.8 Å². The maximum atomic E-state index is 12.9. The first-order chi connectivity index (χ1) is 12.0. The standard InChI is InChI=1S/C19H22FNO3S/c1-24-18-12-15-4-2-3-5-16(15)13-19(18)25(22,23)21-11-10-14-6-8-17(20)9-7-14/h6-9,12-13,21H,2-5,10-11H2,1H3. The number of methoxy groups -OCH3 is 1. The van der Waals surface area contributed by atoms with E-state index < -0.39 is 10.0 Å². The topological polar surface area (TPSA) is 55.4 Å². The number of aryl methyl sites for hydroxylation is 2. The first-order valence-corrected chi connectivity index (χ1v) is 9.92. The van der Waals surface area contributed by atoms with Crippen molar-refractivity contribution < 1.29 is 17.5 Å². The lowest BCUT2D eigenvalue weighted by Crippen LogP contribution is -2.27. The van der Waals surface area contributed by atoms with Crippen LogP contribution >= 0.6 is 0 Å². The molecule has 25 heavy (non-hydrogen) atoms. The maximum Gasteiger partial charge on any atom is 0.244 e. The van der Waals surface area contributed by atoms with Gasteiger partial charge in [-0.2, -0.15) is 0 Å². The second-order valence-electron chi connectivity index (χ2n) is 6.25. The number of ether oxygens (including phenoxy) is 1. The molecule has 0 bridgehead atoms. The molecule has 0 fully saturated rings. The first-order valence-electron chi connectivity index (χ1n) is 8.43. The highest BCUT2D eigenvalue weighted by atomic mass is 32.2. The average molecular weight is 363 g/mol. The molecular weight excluding hydrogens is 341 g/mol. The zero-order valence-electron chi connectivity index (χ0n) is 14.2. The molecule has 2 aromatic rings. The molecule has 134 valence electrons. The van der Waals surface area contributed by atoms with Crippen LogP contribution in [0.1, 0.15) is 29.5 Å². The zero-order chi connectivity index (χ0) is 17.9. The van der Waals surface area contributed by atoms with Gasteiger partial charge >= 0.3 is 0 Å². The minimum Gasteiger partial charge on any atom is -0.495 e. The number of hydrogen-bond acceptors (Lipinski definition) is 3. The maximum absolute atomic E-state index is 12.9. The van der Waals surface area contributed by atoms with Gasteiger partial charge in [0, 0.05) is 6.54 Å². The van der Waals surface area contributed by atoms with Crippen molar-refractivity contribution in [2.75, 3.05) is 13.7 Å². The molecule has 0 unspecified atom stereocenters. The number of halogens is 1. The summed E-state index contributed by atoms with van der Waals surface area (Å²) in [4.78, 5) is 0.190. The van der Waals surface area contributed by atoms with Gasteiger partial charge in [0.25, 0.3) is 0 Å². The molecule has 0 aliphatic heterocycles. The Balaban J connectivity index is 1.76. The molecule has 1 N–H and O–H groups in total. The molecular formula is C19H22FNO3S. The highest BCUT2D eigenvalue weighted by Crippen LogP contribution is 2.31. The van der Waals surface area contributed by atoms with Crippen LogP contribution < -0.4 is 9.46 Å². The molecule has 0 heterocycles. The second-order valence-corrected chi connectivity index (χ2v) is 7.99. The Morgan fingerprint density at radius 3 is 2.36 bits per heavy atom. The van der Waals surface area contributed by atoms with Crippen LogP contribution in [-0.4, -0.2) is 22.1 Å². The first kappa shape index (κ1) is 17.9. The molecule has 0 aromatic heterocycles. The third-order valence-corrected chi connectivity index (χ3v) is 6.02. The van der Waals surface area contributed by atoms with E-state index in [0.29, 0.717) is 12.2 Å². The number of hydrogen-bond donors (Lipinski definition) is 1. The smallest absolute Gasteiger partial charge is 0.244 e. The number of rotatable bonds is 6. The third kappa shape index (κ3) is 4.19. The van der Waals surface area contributed by atoms with Crippen molar-refractivity contribution in [1.29, 1.82) is 0 Å². The molecule has 1 aliphatic rings. The van der Waals surface area contributed by atoms with Gasteiger partial charge in [-0.15, -0.1) is 0 Å². The Hall–Kier alpha value is -1.92. The molecule has 2 aromatic carbocycles. The van der Waals surface area contributed by atoms with Crippen LogP contribution in [0.25, 0.3) is 0 Å². The fraction of sp³-hybridized carbons (Fsp3) is 0.368. The molecule has 0 saturated carbocycles. The van der Waals surface area contributed by atoms with Crippen molar-refractivity contribution in [2.45, 2.75) is 37.0 Å². The van der Waals surface area contributed by atoms with Crippen LogP contribution in [0.15, 0.2) is 41.3 Å². The van der Waals surface area contributed by atoms with Crippen molar-refractivity contribution >= 4 is 10.0 Å². The van der Waals surface area contributed by atoms with E-state index in [9.17, 15) is 12.8 Å². The van der Waals surface area contributed by atoms with Gasteiger partial charge in [0.05, 0.1) is 7.11 Å². The van der Waals surface area contributed by atoms with Gasteiger partial charge < -0.3 is 4.74 Å². The Kier molecular flexibility index (Phi) is 5.39. The molecule has 0 spiro atoms. The van der Waals surface area contributed by atoms with E-state index in [-0.39, 0.29) is 17.3 Å². The predicted molar refractivity (Wildman–Crippen MR) is 94.9 cm³/mol. The number of sulfonamides is 1. The summed E-state index contributed by atoms with van der Waals surface area (Å²) < 4.78 is 46.2. The predicted octanol–water partition coefficient (Wildman–Crippen LogP) is 3.23. The van der Waals surface area contributed by atoms with Crippen molar-refractivity contribution in [3.63, 3.8) is 0 Å². The summed E-state index contributed by atoms with van der Waals surface area (Å²) in [5.41, 5.74) is 3.14. The quantitative estimate of drug-likeness (QED) is 0.857. The molecule has 3 rings (SSSR count). The molecule has 6 heteroatoms. The Morgan fingerprint density at radius 2 is 1.72 bits per heavy atom. The molecule has 4 nitrogen and oxygen atoms in total. The molecule has 0 amide bonds. The van der Waals surface area contributed by atoms with E-state index >= 15 is 0 Å². The minimum absolute atomic E-state index is 0.190. The Labute approximate surface area is 148 Å². The van der Waals surface area contributed by atoms with Crippen LogP contribution in [0, 0.1) is 5.82 Å². The lowest BCUT2D eigenvalue weighted by Gasteiger charge is -2.19. The normalized spacial score (nSPS) is 14.2. The van der Waals surface area contributed by atoms with Crippen LogP contribution in [-0.2, 0) is 29.3 Å². The van der Waals surface area contributed by atoms with Crippen LogP contribution in [0.2, 0.25) is 0 Å². The van der Waals surface area contributed by atoms with E-state index in [1.807, 2.05) is 6.07 Å². The largest absolute Gasteiger partial charge is 0.495 e.